The van der Waals surface area contributed by atoms with Gasteiger partial charge in [0.2, 0.25) is 0 Å². The predicted molar refractivity (Wildman–Crippen MR) is 69.4 cm³/mol. The topological polar surface area (TPSA) is 82.3 Å². The van der Waals surface area contributed by atoms with Crippen molar-refractivity contribution in [3.63, 3.8) is 0 Å². The summed E-state index contributed by atoms with van der Waals surface area (Å²) in [5.74, 6) is 0.870. The second kappa shape index (κ2) is 4.48. The smallest absolute Gasteiger partial charge is 0.137 e. The molecule has 0 amide bonds. The van der Waals surface area contributed by atoms with E-state index in [4.69, 9.17) is 0 Å². The lowest BCUT2D eigenvalue weighted by Gasteiger charge is -2.05. The van der Waals surface area contributed by atoms with E-state index in [-0.39, 0.29) is 0 Å². The van der Waals surface area contributed by atoms with Gasteiger partial charge in [0.25, 0.3) is 0 Å². The number of aromatic nitrogens is 5. The number of imidazole rings is 1. The highest BCUT2D eigenvalue weighted by molar-refractivity contribution is 5.91. The number of aryl methyl sites for hydroxylation is 1. The van der Waals surface area contributed by atoms with Crippen LogP contribution in [0.5, 0.6) is 0 Å². The maximum atomic E-state index is 4.36. The van der Waals surface area contributed by atoms with E-state index in [2.05, 4.69) is 30.5 Å². The van der Waals surface area contributed by atoms with Crippen molar-refractivity contribution >= 4 is 16.7 Å². The summed E-state index contributed by atoms with van der Waals surface area (Å²) in [6.07, 6.45) is 6.22. The van der Waals surface area contributed by atoms with Gasteiger partial charge in [-0.25, -0.2) is 9.97 Å². The number of fused-ring (bicyclic) bond motifs is 1. The number of aromatic amines is 2. The minimum absolute atomic E-state index is 0.793. The number of anilines is 1. The quantitative estimate of drug-likeness (QED) is 0.649. The molecule has 0 saturated heterocycles. The Morgan fingerprint density at radius 1 is 1.33 bits per heavy atom. The molecular weight excluding hydrogens is 228 g/mol. The van der Waals surface area contributed by atoms with Gasteiger partial charge >= 0.3 is 0 Å². The van der Waals surface area contributed by atoms with Gasteiger partial charge in [0, 0.05) is 25.4 Å². The monoisotopic (exact) mass is 242 g/mol. The molecule has 3 N–H and O–H groups in total. The minimum atomic E-state index is 0.793. The molecule has 18 heavy (non-hydrogen) atoms. The molecule has 6 heteroatoms. The highest BCUT2D eigenvalue weighted by Gasteiger charge is 2.07. The van der Waals surface area contributed by atoms with Gasteiger partial charge in [-0.2, -0.15) is 5.10 Å². The van der Waals surface area contributed by atoms with Crippen LogP contribution in [0.1, 0.15) is 11.4 Å². The zero-order valence-electron chi connectivity index (χ0n) is 10.1. The number of nitrogens with zero attached hydrogens (tertiary/aromatic N) is 3. The molecule has 3 aromatic rings. The Morgan fingerprint density at radius 2 is 2.28 bits per heavy atom. The molecule has 0 unspecified atom stereocenters. The van der Waals surface area contributed by atoms with Crippen molar-refractivity contribution in [2.24, 2.45) is 0 Å². The molecule has 0 aliphatic heterocycles. The molecule has 0 aromatic carbocycles. The molecule has 0 aliphatic carbocycles. The fourth-order valence-electron chi connectivity index (χ4n) is 1.99. The molecule has 0 atom stereocenters. The first-order valence-corrected chi connectivity index (χ1v) is 5.86. The van der Waals surface area contributed by atoms with E-state index in [1.54, 1.807) is 12.5 Å². The van der Waals surface area contributed by atoms with Crippen molar-refractivity contribution in [2.45, 2.75) is 13.3 Å². The maximum absolute atomic E-state index is 4.36. The molecule has 0 fully saturated rings. The molecule has 3 heterocycles. The third-order valence-electron chi connectivity index (χ3n) is 2.89. The van der Waals surface area contributed by atoms with Crippen molar-refractivity contribution in [3.05, 3.63) is 36.2 Å². The lowest BCUT2D eigenvalue weighted by molar-refractivity contribution is 0.970. The minimum Gasteiger partial charge on any atom is -0.369 e. The van der Waals surface area contributed by atoms with E-state index in [9.17, 15) is 0 Å². The fraction of sp³-hybridized carbons (Fsp3) is 0.250. The molecule has 0 aliphatic rings. The van der Waals surface area contributed by atoms with Crippen LogP contribution in [0.2, 0.25) is 0 Å². The molecule has 0 bridgehead atoms. The highest BCUT2D eigenvalue weighted by Crippen LogP contribution is 2.21. The predicted octanol–water partition coefficient (Wildman–Crippen LogP) is 1.64. The second-order valence-corrected chi connectivity index (χ2v) is 4.13. The molecule has 3 rings (SSSR count). The number of nitrogens with one attached hydrogen (secondary N) is 3. The summed E-state index contributed by atoms with van der Waals surface area (Å²) in [5.41, 5.74) is 3.00. The normalized spacial score (nSPS) is 10.9. The second-order valence-electron chi connectivity index (χ2n) is 4.13. The Labute approximate surface area is 104 Å². The van der Waals surface area contributed by atoms with Gasteiger partial charge in [0.15, 0.2) is 0 Å². The molecule has 0 saturated carbocycles. The molecular formula is C12H14N6. The van der Waals surface area contributed by atoms with Crippen LogP contribution in [0.15, 0.2) is 24.8 Å². The van der Waals surface area contributed by atoms with Crippen molar-refractivity contribution in [2.75, 3.05) is 11.9 Å². The Bertz CT molecular complexity index is 640. The first-order valence-electron chi connectivity index (χ1n) is 5.86. The largest absolute Gasteiger partial charge is 0.369 e. The van der Waals surface area contributed by atoms with E-state index in [0.717, 1.165) is 41.1 Å². The van der Waals surface area contributed by atoms with Crippen LogP contribution < -0.4 is 5.32 Å². The standard InChI is InChI=1S/C12H14N6/c1-8-11-10(18-17-8)3-5-15-12(11)14-4-2-9-6-13-7-16-9/h3,5-7H,2,4H2,1H3,(H,13,16)(H,14,15)(H,17,18). The first-order chi connectivity index (χ1) is 8.84. The van der Waals surface area contributed by atoms with Gasteiger partial charge in [0.1, 0.15) is 5.82 Å². The van der Waals surface area contributed by atoms with E-state index in [1.807, 2.05) is 19.2 Å². The van der Waals surface area contributed by atoms with Gasteiger partial charge in [-0.05, 0) is 13.0 Å². The van der Waals surface area contributed by atoms with Crippen molar-refractivity contribution in [1.82, 2.24) is 25.1 Å². The lowest BCUT2D eigenvalue weighted by atomic mass is 10.2. The van der Waals surface area contributed by atoms with Crippen LogP contribution >= 0.6 is 0 Å². The van der Waals surface area contributed by atoms with E-state index >= 15 is 0 Å². The zero-order valence-corrected chi connectivity index (χ0v) is 10.1. The van der Waals surface area contributed by atoms with E-state index in [0.29, 0.717) is 0 Å². The Hall–Kier alpha value is -2.37. The van der Waals surface area contributed by atoms with Crippen LogP contribution in [0.25, 0.3) is 10.9 Å². The van der Waals surface area contributed by atoms with Gasteiger partial charge < -0.3 is 10.3 Å². The van der Waals surface area contributed by atoms with Crippen molar-refractivity contribution in [1.29, 1.82) is 0 Å². The number of rotatable bonds is 4. The van der Waals surface area contributed by atoms with Crippen LogP contribution in [-0.4, -0.2) is 31.7 Å². The first kappa shape index (κ1) is 10.8. The molecule has 92 valence electrons. The number of hydrogen-bond donors (Lipinski definition) is 3. The summed E-state index contributed by atoms with van der Waals surface area (Å²) in [7, 11) is 0. The van der Waals surface area contributed by atoms with Gasteiger partial charge in [-0.3, -0.25) is 5.10 Å². The third kappa shape index (κ3) is 1.92. The summed E-state index contributed by atoms with van der Waals surface area (Å²) in [4.78, 5) is 11.5. The Kier molecular flexibility index (Phi) is 2.68. The third-order valence-corrected chi connectivity index (χ3v) is 2.89. The maximum Gasteiger partial charge on any atom is 0.137 e. The Balaban J connectivity index is 1.76. The summed E-state index contributed by atoms with van der Waals surface area (Å²) < 4.78 is 0. The Morgan fingerprint density at radius 3 is 3.11 bits per heavy atom. The molecule has 6 nitrogen and oxygen atoms in total. The summed E-state index contributed by atoms with van der Waals surface area (Å²) >= 11 is 0. The van der Waals surface area contributed by atoms with Crippen molar-refractivity contribution in [3.8, 4) is 0 Å². The molecule has 0 spiro atoms. The number of hydrogen-bond acceptors (Lipinski definition) is 4. The summed E-state index contributed by atoms with van der Waals surface area (Å²) in [6.45, 7) is 2.76. The average Bonchev–Trinajstić information content (AvgIpc) is 3.00. The van der Waals surface area contributed by atoms with Gasteiger partial charge in [-0.1, -0.05) is 0 Å². The lowest BCUT2D eigenvalue weighted by Crippen LogP contribution is -2.06. The molecule has 3 aromatic heterocycles. The van der Waals surface area contributed by atoms with Crippen molar-refractivity contribution < 1.29 is 0 Å². The molecule has 0 radical (unpaired) electrons. The zero-order chi connectivity index (χ0) is 12.4. The van der Waals surface area contributed by atoms with Crippen LogP contribution in [0.3, 0.4) is 0 Å². The van der Waals surface area contributed by atoms with Gasteiger partial charge in [-0.15, -0.1) is 0 Å². The summed E-state index contributed by atoms with van der Waals surface area (Å²) in [5, 5.41) is 11.6. The SMILES string of the molecule is Cc1n[nH]c2ccnc(NCCc3c[nH]cn3)c12. The number of pyridine rings is 1. The van der Waals surface area contributed by atoms with Gasteiger partial charge in [0.05, 0.1) is 28.6 Å². The van der Waals surface area contributed by atoms with E-state index in [1.165, 1.54) is 0 Å². The van der Waals surface area contributed by atoms with Crippen LogP contribution in [0.4, 0.5) is 5.82 Å². The number of H-pyrrole nitrogens is 2. The van der Waals surface area contributed by atoms with Crippen LogP contribution in [-0.2, 0) is 6.42 Å². The fourth-order valence-corrected chi connectivity index (χ4v) is 1.99. The van der Waals surface area contributed by atoms with E-state index < -0.39 is 0 Å². The average molecular weight is 242 g/mol. The highest BCUT2D eigenvalue weighted by atomic mass is 15.1. The van der Waals surface area contributed by atoms with Crippen LogP contribution in [0, 0.1) is 6.92 Å². The summed E-state index contributed by atoms with van der Waals surface area (Å²) in [6, 6.07) is 1.92.